The average molecular weight is 211 g/mol. The second kappa shape index (κ2) is 9.10. The Hall–Kier alpha value is -0.470. The van der Waals surface area contributed by atoms with Gasteiger partial charge in [0.05, 0.1) is 0 Å². The van der Waals surface area contributed by atoms with E-state index in [1.165, 1.54) is 11.1 Å². The molecule has 0 aliphatic rings. The van der Waals surface area contributed by atoms with Gasteiger partial charge in [-0.3, -0.25) is 0 Å². The molecule has 0 spiro atoms. The Balaban J connectivity index is 0.000000791. The van der Waals surface area contributed by atoms with Crippen molar-refractivity contribution in [2.45, 2.75) is 26.5 Å². The van der Waals surface area contributed by atoms with Crippen LogP contribution in [0.5, 0.6) is 0 Å². The van der Waals surface area contributed by atoms with E-state index in [-0.39, 0.29) is 0 Å². The lowest BCUT2D eigenvalue weighted by Gasteiger charge is -2.00. The highest BCUT2D eigenvalue weighted by atomic mass is 32.2. The summed E-state index contributed by atoms with van der Waals surface area (Å²) in [5, 5.41) is 0. The maximum Gasteiger partial charge on any atom is 0.0185 e. The largest absolute Gasteiger partial charge is 0.330 e. The highest BCUT2D eigenvalue weighted by Gasteiger charge is 1.91. The third-order valence-corrected chi connectivity index (χ3v) is 2.71. The zero-order chi connectivity index (χ0) is 10.8. The average Bonchev–Trinajstić information content (AvgIpc) is 2.24. The van der Waals surface area contributed by atoms with Gasteiger partial charge < -0.3 is 5.73 Å². The molecule has 1 aromatic rings. The molecule has 0 fully saturated rings. The summed E-state index contributed by atoms with van der Waals surface area (Å²) < 4.78 is 0. The number of hydrogen-bond acceptors (Lipinski definition) is 2. The van der Waals surface area contributed by atoms with Crippen LogP contribution in [-0.2, 0) is 5.75 Å². The van der Waals surface area contributed by atoms with Crippen LogP contribution in [0.15, 0.2) is 24.3 Å². The Morgan fingerprint density at radius 1 is 1.14 bits per heavy atom. The van der Waals surface area contributed by atoms with Gasteiger partial charge in [0, 0.05) is 18.1 Å². The summed E-state index contributed by atoms with van der Waals surface area (Å²) >= 11 is 1.89. The van der Waals surface area contributed by atoms with Crippen LogP contribution >= 0.6 is 11.8 Å². The maximum atomic E-state index is 5.40. The molecule has 14 heavy (non-hydrogen) atoms. The number of aryl methyl sites for hydroxylation is 1. The van der Waals surface area contributed by atoms with Gasteiger partial charge in [0.1, 0.15) is 0 Å². The molecule has 1 rings (SSSR count). The highest BCUT2D eigenvalue weighted by Crippen LogP contribution is 2.11. The molecular formula is C12H21NS. The summed E-state index contributed by atoms with van der Waals surface area (Å²) in [7, 11) is 0. The molecule has 0 bridgehead atoms. The lowest BCUT2D eigenvalue weighted by Crippen LogP contribution is -2.01. The Morgan fingerprint density at radius 3 is 2.21 bits per heavy atom. The quantitative estimate of drug-likeness (QED) is 0.774. The summed E-state index contributed by atoms with van der Waals surface area (Å²) in [6.45, 7) is 6.88. The van der Waals surface area contributed by atoms with E-state index < -0.39 is 0 Å². The van der Waals surface area contributed by atoms with Gasteiger partial charge in [-0.05, 0) is 12.5 Å². The zero-order valence-electron chi connectivity index (χ0n) is 9.42. The first kappa shape index (κ1) is 13.5. The fraction of sp³-hybridized carbons (Fsp3) is 0.500. The summed E-state index contributed by atoms with van der Waals surface area (Å²) in [5.41, 5.74) is 8.11. The first-order valence-corrected chi connectivity index (χ1v) is 6.32. The van der Waals surface area contributed by atoms with Gasteiger partial charge >= 0.3 is 0 Å². The Bertz CT molecular complexity index is 218. The minimum atomic E-state index is 0.774. The standard InChI is InChI=1S/C10H15NS.C2H6/c1-9-2-4-10(5-3-9)8-12-7-6-11;1-2/h2-5H,6-8,11H2,1H3;1-2H3. The molecule has 0 saturated carbocycles. The van der Waals surface area contributed by atoms with Crippen molar-refractivity contribution in [3.8, 4) is 0 Å². The molecular weight excluding hydrogens is 190 g/mol. The number of hydrogen-bond donors (Lipinski definition) is 1. The Morgan fingerprint density at radius 2 is 1.71 bits per heavy atom. The molecule has 0 radical (unpaired) electrons. The zero-order valence-corrected chi connectivity index (χ0v) is 10.2. The predicted octanol–water partition coefficient (Wildman–Crippen LogP) is 3.21. The molecule has 0 atom stereocenters. The lowest BCUT2D eigenvalue weighted by molar-refractivity contribution is 1.15. The minimum absolute atomic E-state index is 0.774. The summed E-state index contributed by atoms with van der Waals surface area (Å²) in [6, 6.07) is 8.66. The summed E-state index contributed by atoms with van der Waals surface area (Å²) in [6.07, 6.45) is 0. The maximum absolute atomic E-state index is 5.40. The molecule has 0 amide bonds. The normalized spacial score (nSPS) is 9.14. The van der Waals surface area contributed by atoms with Crippen LogP contribution in [0.1, 0.15) is 25.0 Å². The van der Waals surface area contributed by atoms with Gasteiger partial charge in [0.2, 0.25) is 0 Å². The first-order valence-electron chi connectivity index (χ1n) is 5.16. The van der Waals surface area contributed by atoms with E-state index in [0.717, 1.165) is 18.1 Å². The van der Waals surface area contributed by atoms with Gasteiger partial charge in [-0.1, -0.05) is 43.7 Å². The molecule has 1 nitrogen and oxygen atoms in total. The van der Waals surface area contributed by atoms with Crippen LogP contribution in [-0.4, -0.2) is 12.3 Å². The van der Waals surface area contributed by atoms with E-state index in [4.69, 9.17) is 5.73 Å². The molecule has 80 valence electrons. The predicted molar refractivity (Wildman–Crippen MR) is 67.7 cm³/mol. The highest BCUT2D eigenvalue weighted by molar-refractivity contribution is 7.98. The van der Waals surface area contributed by atoms with Gasteiger partial charge in [-0.25, -0.2) is 0 Å². The van der Waals surface area contributed by atoms with Crippen molar-refractivity contribution in [3.05, 3.63) is 35.4 Å². The van der Waals surface area contributed by atoms with E-state index in [2.05, 4.69) is 31.2 Å². The van der Waals surface area contributed by atoms with Crippen molar-refractivity contribution in [3.63, 3.8) is 0 Å². The number of thioether (sulfide) groups is 1. The van der Waals surface area contributed by atoms with E-state index >= 15 is 0 Å². The van der Waals surface area contributed by atoms with Gasteiger partial charge in [0.15, 0.2) is 0 Å². The van der Waals surface area contributed by atoms with E-state index in [1.807, 2.05) is 25.6 Å². The fourth-order valence-corrected chi connectivity index (χ4v) is 1.70. The van der Waals surface area contributed by atoms with Crippen LogP contribution in [0.4, 0.5) is 0 Å². The molecule has 2 heteroatoms. The SMILES string of the molecule is CC.Cc1ccc(CSCCN)cc1. The van der Waals surface area contributed by atoms with Crippen LogP contribution < -0.4 is 5.73 Å². The second-order valence-corrected chi connectivity index (χ2v) is 3.93. The van der Waals surface area contributed by atoms with Crippen LogP contribution in [0.25, 0.3) is 0 Å². The van der Waals surface area contributed by atoms with Crippen LogP contribution in [0.3, 0.4) is 0 Å². The monoisotopic (exact) mass is 211 g/mol. The van der Waals surface area contributed by atoms with Gasteiger partial charge in [-0.2, -0.15) is 11.8 Å². The topological polar surface area (TPSA) is 26.0 Å². The molecule has 1 aromatic carbocycles. The van der Waals surface area contributed by atoms with E-state index in [9.17, 15) is 0 Å². The minimum Gasteiger partial charge on any atom is -0.330 e. The molecule has 0 unspecified atom stereocenters. The smallest absolute Gasteiger partial charge is 0.0185 e. The van der Waals surface area contributed by atoms with Crippen molar-refractivity contribution in [1.29, 1.82) is 0 Å². The number of benzene rings is 1. The third-order valence-electron chi connectivity index (χ3n) is 1.65. The molecule has 0 saturated heterocycles. The Kier molecular flexibility index (Phi) is 8.79. The lowest BCUT2D eigenvalue weighted by atomic mass is 10.2. The fourth-order valence-electron chi connectivity index (χ4n) is 0.958. The molecule has 0 heterocycles. The second-order valence-electron chi connectivity index (χ2n) is 2.83. The molecule has 0 aliphatic heterocycles. The summed E-state index contributed by atoms with van der Waals surface area (Å²) in [5.74, 6) is 2.13. The molecule has 0 aromatic heterocycles. The third kappa shape index (κ3) is 6.06. The van der Waals surface area contributed by atoms with Crippen molar-refractivity contribution < 1.29 is 0 Å². The summed E-state index contributed by atoms with van der Waals surface area (Å²) in [4.78, 5) is 0. The molecule has 2 N–H and O–H groups in total. The number of nitrogens with two attached hydrogens (primary N) is 1. The van der Waals surface area contributed by atoms with Gasteiger partial charge in [-0.15, -0.1) is 0 Å². The van der Waals surface area contributed by atoms with Crippen molar-refractivity contribution in [1.82, 2.24) is 0 Å². The van der Waals surface area contributed by atoms with Crippen molar-refractivity contribution in [2.24, 2.45) is 5.73 Å². The number of rotatable bonds is 4. The van der Waals surface area contributed by atoms with Crippen molar-refractivity contribution >= 4 is 11.8 Å². The Labute approximate surface area is 92.1 Å². The van der Waals surface area contributed by atoms with Crippen LogP contribution in [0.2, 0.25) is 0 Å². The van der Waals surface area contributed by atoms with E-state index in [0.29, 0.717) is 0 Å². The molecule has 0 aliphatic carbocycles. The van der Waals surface area contributed by atoms with Gasteiger partial charge in [0.25, 0.3) is 0 Å². The van der Waals surface area contributed by atoms with Crippen molar-refractivity contribution in [2.75, 3.05) is 12.3 Å². The van der Waals surface area contributed by atoms with Crippen LogP contribution in [0, 0.1) is 6.92 Å². The van der Waals surface area contributed by atoms with E-state index in [1.54, 1.807) is 0 Å². The first-order chi connectivity index (χ1) is 6.83.